The lowest BCUT2D eigenvalue weighted by molar-refractivity contribution is -0.137. The summed E-state index contributed by atoms with van der Waals surface area (Å²) in [5.41, 5.74) is 0. The highest BCUT2D eigenvalue weighted by molar-refractivity contribution is 5.66. The summed E-state index contributed by atoms with van der Waals surface area (Å²) in [6.07, 6.45) is 2.26. The molecule has 1 rings (SSSR count). The topological polar surface area (TPSA) is 78.4 Å². The van der Waals surface area contributed by atoms with Crippen molar-refractivity contribution in [1.29, 1.82) is 0 Å². The van der Waals surface area contributed by atoms with Gasteiger partial charge in [-0.15, -0.1) is 0 Å². The Hall–Kier alpha value is -1.85. The molecule has 106 valence electrons. The van der Waals surface area contributed by atoms with Crippen LogP contribution in [0.2, 0.25) is 0 Å². The molecular formula is C13H22N4O2. The number of carbonyl (C=O) groups is 1. The van der Waals surface area contributed by atoms with Gasteiger partial charge in [0.05, 0.1) is 0 Å². The maximum absolute atomic E-state index is 10.4. The first-order valence-corrected chi connectivity index (χ1v) is 6.48. The lowest BCUT2D eigenvalue weighted by Crippen LogP contribution is -2.23. The second-order valence-corrected chi connectivity index (χ2v) is 4.96. The maximum Gasteiger partial charge on any atom is 0.303 e. The molecule has 0 atom stereocenters. The van der Waals surface area contributed by atoms with E-state index in [-0.39, 0.29) is 6.42 Å². The summed E-state index contributed by atoms with van der Waals surface area (Å²) in [5, 5.41) is 11.7. The van der Waals surface area contributed by atoms with Crippen molar-refractivity contribution >= 4 is 17.6 Å². The normalized spacial score (nSPS) is 10.5. The number of anilines is 2. The molecule has 6 heteroatoms. The quantitative estimate of drug-likeness (QED) is 0.699. The summed E-state index contributed by atoms with van der Waals surface area (Å²) in [6, 6.07) is 1.88. The fraction of sp³-hybridized carbons (Fsp3) is 0.615. The highest BCUT2D eigenvalue weighted by Crippen LogP contribution is 2.13. The number of rotatable bonds is 8. The summed E-state index contributed by atoms with van der Waals surface area (Å²) in [4.78, 5) is 20.8. The Bertz CT molecular complexity index is 409. The first kappa shape index (κ1) is 15.2. The van der Waals surface area contributed by atoms with Gasteiger partial charge in [0.2, 0.25) is 0 Å². The van der Waals surface area contributed by atoms with Gasteiger partial charge in [0.15, 0.2) is 0 Å². The molecule has 0 fully saturated rings. The molecule has 2 N–H and O–H groups in total. The van der Waals surface area contributed by atoms with Crippen molar-refractivity contribution in [2.24, 2.45) is 5.92 Å². The molecule has 0 amide bonds. The minimum Gasteiger partial charge on any atom is -0.481 e. The van der Waals surface area contributed by atoms with Gasteiger partial charge in [-0.1, -0.05) is 13.8 Å². The molecule has 0 aliphatic heterocycles. The van der Waals surface area contributed by atoms with E-state index >= 15 is 0 Å². The highest BCUT2D eigenvalue weighted by Gasteiger charge is 2.06. The van der Waals surface area contributed by atoms with Crippen molar-refractivity contribution < 1.29 is 9.90 Å². The molecule has 0 unspecified atom stereocenters. The third-order valence-electron chi connectivity index (χ3n) is 2.56. The fourth-order valence-corrected chi connectivity index (χ4v) is 1.75. The average Bonchev–Trinajstić information content (AvgIpc) is 2.34. The van der Waals surface area contributed by atoms with E-state index in [1.54, 1.807) is 0 Å². The molecule has 0 saturated carbocycles. The first-order valence-electron chi connectivity index (χ1n) is 6.48. The molecule has 0 radical (unpaired) electrons. The zero-order valence-electron chi connectivity index (χ0n) is 11.8. The van der Waals surface area contributed by atoms with Crippen molar-refractivity contribution in [3.8, 4) is 0 Å². The number of aromatic nitrogens is 2. The van der Waals surface area contributed by atoms with Crippen LogP contribution in [0.25, 0.3) is 0 Å². The molecule has 0 spiro atoms. The van der Waals surface area contributed by atoms with Gasteiger partial charge < -0.3 is 15.3 Å². The van der Waals surface area contributed by atoms with Crippen LogP contribution in [0.1, 0.15) is 26.7 Å². The molecular weight excluding hydrogens is 244 g/mol. The van der Waals surface area contributed by atoms with Crippen molar-refractivity contribution in [1.82, 2.24) is 9.97 Å². The predicted molar refractivity (Wildman–Crippen MR) is 75.5 cm³/mol. The van der Waals surface area contributed by atoms with Crippen molar-refractivity contribution in [2.45, 2.75) is 26.7 Å². The molecule has 0 saturated heterocycles. The van der Waals surface area contributed by atoms with Crippen LogP contribution in [-0.4, -0.2) is 41.2 Å². The van der Waals surface area contributed by atoms with E-state index in [1.807, 2.05) is 13.1 Å². The molecule has 0 aliphatic carbocycles. The maximum atomic E-state index is 10.4. The Kier molecular flexibility index (Phi) is 6.05. The van der Waals surface area contributed by atoms with Crippen molar-refractivity contribution in [2.75, 3.05) is 30.4 Å². The van der Waals surface area contributed by atoms with E-state index in [0.29, 0.717) is 18.9 Å². The number of carboxylic acids is 1. The largest absolute Gasteiger partial charge is 0.481 e. The first-order chi connectivity index (χ1) is 8.99. The van der Waals surface area contributed by atoms with Crippen LogP contribution in [0.15, 0.2) is 12.4 Å². The Labute approximate surface area is 113 Å². The molecule has 0 bridgehead atoms. The van der Waals surface area contributed by atoms with Crippen molar-refractivity contribution in [3.05, 3.63) is 12.4 Å². The molecule has 1 heterocycles. The number of aliphatic carboxylic acids is 1. The number of hydrogen-bond donors (Lipinski definition) is 2. The molecule has 0 aliphatic rings. The second kappa shape index (κ2) is 7.56. The Morgan fingerprint density at radius 3 is 2.84 bits per heavy atom. The minimum absolute atomic E-state index is 0.165. The van der Waals surface area contributed by atoms with E-state index in [9.17, 15) is 4.79 Å². The van der Waals surface area contributed by atoms with Crippen molar-refractivity contribution in [3.63, 3.8) is 0 Å². The smallest absolute Gasteiger partial charge is 0.303 e. The Balaban J connectivity index is 2.49. The third kappa shape index (κ3) is 6.03. The molecule has 6 nitrogen and oxygen atoms in total. The number of nitrogens with zero attached hydrogens (tertiary/aromatic N) is 3. The second-order valence-electron chi connectivity index (χ2n) is 4.96. The van der Waals surface area contributed by atoms with E-state index < -0.39 is 5.97 Å². The number of carboxylic acid groups (broad SMARTS) is 1. The number of nitrogens with one attached hydrogen (secondary N) is 1. The van der Waals surface area contributed by atoms with Gasteiger partial charge in [-0.3, -0.25) is 4.79 Å². The van der Waals surface area contributed by atoms with Crippen LogP contribution in [0.4, 0.5) is 11.6 Å². The predicted octanol–water partition coefficient (Wildman–Crippen LogP) is 1.85. The van der Waals surface area contributed by atoms with Gasteiger partial charge in [0, 0.05) is 32.6 Å². The van der Waals surface area contributed by atoms with Gasteiger partial charge in [0.25, 0.3) is 0 Å². The highest BCUT2D eigenvalue weighted by atomic mass is 16.4. The summed E-state index contributed by atoms with van der Waals surface area (Å²) in [6.45, 7) is 5.83. The van der Waals surface area contributed by atoms with Crippen LogP contribution in [-0.2, 0) is 4.79 Å². The van der Waals surface area contributed by atoms with Crippen LogP contribution >= 0.6 is 0 Å². The third-order valence-corrected chi connectivity index (χ3v) is 2.56. The average molecular weight is 266 g/mol. The monoisotopic (exact) mass is 266 g/mol. The summed E-state index contributed by atoms with van der Waals surface area (Å²) < 4.78 is 0. The van der Waals surface area contributed by atoms with Gasteiger partial charge in [-0.25, -0.2) is 9.97 Å². The Morgan fingerprint density at radius 1 is 1.47 bits per heavy atom. The fourth-order valence-electron chi connectivity index (χ4n) is 1.75. The van der Waals surface area contributed by atoms with Gasteiger partial charge in [0.1, 0.15) is 18.0 Å². The van der Waals surface area contributed by atoms with Crippen LogP contribution in [0, 0.1) is 5.92 Å². The summed E-state index contributed by atoms with van der Waals surface area (Å²) >= 11 is 0. The van der Waals surface area contributed by atoms with Gasteiger partial charge >= 0.3 is 5.97 Å². The Morgan fingerprint density at radius 2 is 2.21 bits per heavy atom. The van der Waals surface area contributed by atoms with E-state index in [0.717, 1.165) is 18.2 Å². The molecule has 0 aromatic carbocycles. The van der Waals surface area contributed by atoms with E-state index in [4.69, 9.17) is 5.11 Å². The van der Waals surface area contributed by atoms with Crippen LogP contribution < -0.4 is 10.2 Å². The van der Waals surface area contributed by atoms with Gasteiger partial charge in [-0.05, 0) is 12.3 Å². The molecule has 1 aromatic rings. The summed E-state index contributed by atoms with van der Waals surface area (Å²) in [5.74, 6) is 1.38. The zero-order valence-corrected chi connectivity index (χ0v) is 11.8. The minimum atomic E-state index is -0.776. The number of hydrogen-bond acceptors (Lipinski definition) is 5. The molecule has 19 heavy (non-hydrogen) atoms. The lowest BCUT2D eigenvalue weighted by Gasteiger charge is -2.20. The van der Waals surface area contributed by atoms with Crippen LogP contribution in [0.3, 0.4) is 0 Å². The zero-order chi connectivity index (χ0) is 14.3. The lowest BCUT2D eigenvalue weighted by atomic mass is 10.2. The SMILES string of the molecule is CC(C)CN(C)c1cc(NCCCC(=O)O)ncn1. The van der Waals surface area contributed by atoms with Crippen LogP contribution in [0.5, 0.6) is 0 Å². The standard InChI is InChI=1S/C13H22N4O2/c1-10(2)8-17(3)12-7-11(15-9-16-12)14-6-4-5-13(18)19/h7,9-10H,4-6,8H2,1-3H3,(H,18,19)(H,14,15,16). The van der Waals surface area contributed by atoms with E-state index in [2.05, 4.69) is 34.0 Å². The molecule has 1 aromatic heterocycles. The van der Waals surface area contributed by atoms with E-state index in [1.165, 1.54) is 6.33 Å². The van der Waals surface area contributed by atoms with Gasteiger partial charge in [-0.2, -0.15) is 0 Å². The summed E-state index contributed by atoms with van der Waals surface area (Å²) in [7, 11) is 2.00.